The van der Waals surface area contributed by atoms with Crippen molar-refractivity contribution in [3.05, 3.63) is 5.28 Å². The van der Waals surface area contributed by atoms with Crippen LogP contribution in [0.4, 0.5) is 11.9 Å². The van der Waals surface area contributed by atoms with Crippen molar-refractivity contribution in [1.29, 1.82) is 0 Å². The van der Waals surface area contributed by atoms with Gasteiger partial charge in [-0.1, -0.05) is 0 Å². The lowest BCUT2D eigenvalue weighted by molar-refractivity contribution is -0.132. The molecule has 21 heavy (non-hydrogen) atoms. The van der Waals surface area contributed by atoms with Gasteiger partial charge in [0.1, 0.15) is 12.6 Å². The van der Waals surface area contributed by atoms with Crippen LogP contribution in [0.3, 0.4) is 0 Å². The third-order valence-corrected chi connectivity index (χ3v) is 3.82. The number of halogens is 1. The zero-order chi connectivity index (χ0) is 15.0. The van der Waals surface area contributed by atoms with E-state index < -0.39 is 6.04 Å². The average Bonchev–Trinajstić information content (AvgIpc) is 2.96. The van der Waals surface area contributed by atoms with Crippen LogP contribution >= 0.6 is 11.6 Å². The number of piperazine rings is 1. The highest BCUT2D eigenvalue weighted by Crippen LogP contribution is 2.22. The van der Waals surface area contributed by atoms with Crippen molar-refractivity contribution in [2.45, 2.75) is 25.8 Å². The Kier molecular flexibility index (Phi) is 3.62. The Balaban J connectivity index is 1.93. The topological polar surface area (TPSA) is 91.3 Å². The minimum atomic E-state index is -0.535. The average molecular weight is 311 g/mol. The van der Waals surface area contributed by atoms with Crippen molar-refractivity contribution in [3.63, 3.8) is 0 Å². The van der Waals surface area contributed by atoms with E-state index >= 15 is 0 Å². The maximum Gasteiger partial charge on any atom is 0.249 e. The van der Waals surface area contributed by atoms with Gasteiger partial charge in [0.05, 0.1) is 0 Å². The van der Waals surface area contributed by atoms with Crippen molar-refractivity contribution < 1.29 is 9.59 Å². The zero-order valence-electron chi connectivity index (χ0n) is 11.5. The Morgan fingerprint density at radius 1 is 1.14 bits per heavy atom. The number of imide groups is 1. The molecule has 2 fully saturated rings. The number of carbonyl (C=O) groups excluding carboxylic acids is 2. The molecule has 0 spiro atoms. The van der Waals surface area contributed by atoms with Crippen LogP contribution in [-0.4, -0.2) is 52.4 Å². The molecule has 9 heteroatoms. The Bertz CT molecular complexity index is 589. The molecule has 1 atom stereocenters. The molecular formula is C12H15ClN6O2. The molecule has 2 saturated heterocycles. The van der Waals surface area contributed by atoms with E-state index in [1.807, 2.05) is 4.90 Å². The van der Waals surface area contributed by atoms with Crippen molar-refractivity contribution in [3.8, 4) is 0 Å². The number of aromatic nitrogens is 3. The van der Waals surface area contributed by atoms with Crippen LogP contribution in [-0.2, 0) is 9.59 Å². The summed E-state index contributed by atoms with van der Waals surface area (Å²) in [7, 11) is 0. The number of amides is 2. The number of nitrogens with one attached hydrogen (secondary N) is 1. The quantitative estimate of drug-likeness (QED) is 0.767. The summed E-state index contributed by atoms with van der Waals surface area (Å²) in [6.07, 6.45) is 2.17. The number of nitrogens with zero attached hydrogens (tertiary/aromatic N) is 5. The second-order valence-corrected chi connectivity index (χ2v) is 5.45. The van der Waals surface area contributed by atoms with E-state index in [0.717, 1.165) is 25.9 Å². The molecule has 3 heterocycles. The van der Waals surface area contributed by atoms with E-state index in [2.05, 4.69) is 20.3 Å². The summed E-state index contributed by atoms with van der Waals surface area (Å²) in [4.78, 5) is 39.4. The molecule has 1 aromatic heterocycles. The van der Waals surface area contributed by atoms with Crippen molar-refractivity contribution in [2.24, 2.45) is 0 Å². The summed E-state index contributed by atoms with van der Waals surface area (Å²) in [5, 5.41) is 2.34. The fourth-order valence-electron chi connectivity index (χ4n) is 2.47. The fourth-order valence-corrected chi connectivity index (χ4v) is 2.63. The van der Waals surface area contributed by atoms with E-state index in [1.54, 1.807) is 6.92 Å². The Morgan fingerprint density at radius 3 is 2.52 bits per heavy atom. The second-order valence-electron chi connectivity index (χ2n) is 5.11. The molecule has 2 aliphatic rings. The van der Waals surface area contributed by atoms with Gasteiger partial charge in [0, 0.05) is 13.1 Å². The Labute approximate surface area is 126 Å². The molecule has 8 nitrogen and oxygen atoms in total. The van der Waals surface area contributed by atoms with Gasteiger partial charge in [0.15, 0.2) is 0 Å². The van der Waals surface area contributed by atoms with Crippen LogP contribution in [0, 0.1) is 0 Å². The van der Waals surface area contributed by atoms with Gasteiger partial charge in [-0.05, 0) is 31.4 Å². The Hall–Kier alpha value is -1.96. The highest BCUT2D eigenvalue weighted by molar-refractivity contribution is 6.28. The molecule has 0 radical (unpaired) electrons. The standard InChI is InChI=1S/C12H15ClN6O2/c1-7-9(21)14-8(20)6-19(7)12-16-10(13)15-11(17-12)18-4-2-3-5-18/h7H,2-6H2,1H3,(H,14,20,21). The minimum absolute atomic E-state index is 0.0205. The van der Waals surface area contributed by atoms with Gasteiger partial charge in [0.2, 0.25) is 29.0 Å². The summed E-state index contributed by atoms with van der Waals surface area (Å²) >= 11 is 5.97. The number of anilines is 2. The van der Waals surface area contributed by atoms with Gasteiger partial charge >= 0.3 is 0 Å². The molecule has 2 amide bonds. The number of hydrogen-bond acceptors (Lipinski definition) is 7. The first-order valence-electron chi connectivity index (χ1n) is 6.81. The largest absolute Gasteiger partial charge is 0.341 e. The number of carbonyl (C=O) groups is 2. The maximum absolute atomic E-state index is 11.7. The first-order chi connectivity index (χ1) is 10.0. The lowest BCUT2D eigenvalue weighted by Crippen LogP contribution is -2.57. The molecule has 1 aromatic rings. The van der Waals surface area contributed by atoms with E-state index in [-0.39, 0.29) is 29.6 Å². The molecular weight excluding hydrogens is 296 g/mol. The molecule has 0 bridgehead atoms. The molecule has 0 saturated carbocycles. The summed E-state index contributed by atoms with van der Waals surface area (Å²) < 4.78 is 0. The van der Waals surface area contributed by atoms with Crippen LogP contribution in [0.15, 0.2) is 0 Å². The summed E-state index contributed by atoms with van der Waals surface area (Å²) in [6, 6.07) is -0.535. The predicted molar refractivity (Wildman–Crippen MR) is 76.2 cm³/mol. The molecule has 2 aliphatic heterocycles. The van der Waals surface area contributed by atoms with Crippen molar-refractivity contribution >= 4 is 35.3 Å². The van der Waals surface area contributed by atoms with E-state index in [9.17, 15) is 9.59 Å². The lowest BCUT2D eigenvalue weighted by atomic mass is 10.2. The van der Waals surface area contributed by atoms with E-state index in [0.29, 0.717) is 5.95 Å². The van der Waals surface area contributed by atoms with Gasteiger partial charge in [-0.2, -0.15) is 15.0 Å². The summed E-state index contributed by atoms with van der Waals surface area (Å²) in [5.41, 5.74) is 0. The molecule has 112 valence electrons. The first-order valence-corrected chi connectivity index (χ1v) is 7.19. The third kappa shape index (κ3) is 2.76. The second kappa shape index (κ2) is 5.44. The molecule has 0 aromatic carbocycles. The predicted octanol–water partition coefficient (Wildman–Crippen LogP) is -0.0235. The normalized spacial score (nSPS) is 22.7. The van der Waals surface area contributed by atoms with Gasteiger partial charge in [-0.3, -0.25) is 14.9 Å². The van der Waals surface area contributed by atoms with Crippen LogP contribution < -0.4 is 15.1 Å². The van der Waals surface area contributed by atoms with Crippen LogP contribution in [0.25, 0.3) is 0 Å². The number of rotatable bonds is 2. The van der Waals surface area contributed by atoms with Gasteiger partial charge in [-0.25, -0.2) is 0 Å². The third-order valence-electron chi connectivity index (χ3n) is 3.65. The maximum atomic E-state index is 11.7. The van der Waals surface area contributed by atoms with Gasteiger partial charge < -0.3 is 9.80 Å². The van der Waals surface area contributed by atoms with Crippen molar-refractivity contribution in [2.75, 3.05) is 29.4 Å². The highest BCUT2D eigenvalue weighted by Gasteiger charge is 2.32. The molecule has 1 unspecified atom stereocenters. The monoisotopic (exact) mass is 310 g/mol. The van der Waals surface area contributed by atoms with E-state index in [4.69, 9.17) is 11.6 Å². The lowest BCUT2D eigenvalue weighted by Gasteiger charge is -2.31. The van der Waals surface area contributed by atoms with Gasteiger partial charge in [-0.15, -0.1) is 0 Å². The Morgan fingerprint density at radius 2 is 1.81 bits per heavy atom. The summed E-state index contributed by atoms with van der Waals surface area (Å²) in [6.45, 7) is 3.45. The van der Waals surface area contributed by atoms with Crippen LogP contribution in [0.2, 0.25) is 5.28 Å². The minimum Gasteiger partial charge on any atom is -0.341 e. The number of hydrogen-bond donors (Lipinski definition) is 1. The fraction of sp³-hybridized carbons (Fsp3) is 0.583. The van der Waals surface area contributed by atoms with E-state index in [1.165, 1.54) is 4.90 Å². The molecule has 0 aliphatic carbocycles. The highest BCUT2D eigenvalue weighted by atomic mass is 35.5. The summed E-state index contributed by atoms with van der Waals surface area (Å²) in [5.74, 6) is 0.00333. The van der Waals surface area contributed by atoms with Crippen LogP contribution in [0.1, 0.15) is 19.8 Å². The zero-order valence-corrected chi connectivity index (χ0v) is 12.3. The van der Waals surface area contributed by atoms with Crippen LogP contribution in [0.5, 0.6) is 0 Å². The smallest absolute Gasteiger partial charge is 0.249 e. The molecule has 3 rings (SSSR count). The first kappa shape index (κ1) is 14.0. The van der Waals surface area contributed by atoms with Crippen molar-refractivity contribution in [1.82, 2.24) is 20.3 Å². The SMILES string of the molecule is CC1C(=O)NC(=O)CN1c1nc(Cl)nc(N2CCCC2)n1. The van der Waals surface area contributed by atoms with Gasteiger partial charge in [0.25, 0.3) is 0 Å². The molecule has 1 N–H and O–H groups in total.